The predicted molar refractivity (Wildman–Crippen MR) is 156 cm³/mol. The molecule has 6 nitrogen and oxygen atoms in total. The first-order valence-corrected chi connectivity index (χ1v) is 14.0. The summed E-state index contributed by atoms with van der Waals surface area (Å²) in [7, 11) is 0. The van der Waals surface area contributed by atoms with Crippen LogP contribution >= 0.6 is 11.6 Å². The number of hydrogen-bond acceptors (Lipinski definition) is 6. The van der Waals surface area contributed by atoms with E-state index in [2.05, 4.69) is 58.8 Å². The molecule has 1 aromatic heterocycles. The molecule has 0 fully saturated rings. The van der Waals surface area contributed by atoms with Crippen molar-refractivity contribution in [3.63, 3.8) is 0 Å². The van der Waals surface area contributed by atoms with Crippen LogP contribution in [0.25, 0.3) is 11.1 Å². The zero-order valence-electron chi connectivity index (χ0n) is 22.4. The van der Waals surface area contributed by atoms with Gasteiger partial charge in [0.05, 0.1) is 16.7 Å². The van der Waals surface area contributed by atoms with Crippen LogP contribution in [0.15, 0.2) is 79.1 Å². The molecular weight excluding hydrogens is 522 g/mol. The smallest absolute Gasteiger partial charge is 0.142 e. The van der Waals surface area contributed by atoms with Crippen LogP contribution < -0.4 is 14.8 Å². The summed E-state index contributed by atoms with van der Waals surface area (Å²) >= 11 is 6.76. The Kier molecular flexibility index (Phi) is 8.98. The third kappa shape index (κ3) is 6.46. The number of benzene rings is 3. The van der Waals surface area contributed by atoms with Gasteiger partial charge in [-0.3, -0.25) is 4.98 Å². The molecule has 0 spiro atoms. The van der Waals surface area contributed by atoms with Crippen LogP contribution in [0.3, 0.4) is 0 Å². The van der Waals surface area contributed by atoms with Gasteiger partial charge in [-0.2, -0.15) is 5.26 Å². The molecule has 7 heteroatoms. The summed E-state index contributed by atoms with van der Waals surface area (Å²) in [4.78, 5) is 4.13. The fraction of sp³-hybridized carbons (Fsp3) is 0.273. The van der Waals surface area contributed by atoms with Gasteiger partial charge in [0, 0.05) is 42.7 Å². The Hall–Kier alpha value is -3.89. The van der Waals surface area contributed by atoms with Crippen molar-refractivity contribution < 1.29 is 14.6 Å². The Labute approximate surface area is 240 Å². The number of aliphatic hydroxyl groups is 1. The maximum absolute atomic E-state index is 9.96. The highest BCUT2D eigenvalue weighted by molar-refractivity contribution is 6.32. The van der Waals surface area contributed by atoms with Crippen molar-refractivity contribution in [3.05, 3.63) is 112 Å². The summed E-state index contributed by atoms with van der Waals surface area (Å²) in [6, 6.07) is 24.4. The monoisotopic (exact) mass is 553 g/mol. The number of aliphatic hydroxyl groups excluding tert-OH is 1. The number of pyridine rings is 1. The van der Waals surface area contributed by atoms with E-state index in [-0.39, 0.29) is 12.7 Å². The molecule has 2 N–H and O–H groups in total. The molecule has 1 heterocycles. The molecule has 0 radical (unpaired) electrons. The van der Waals surface area contributed by atoms with Gasteiger partial charge in [-0.25, -0.2) is 0 Å². The molecule has 40 heavy (non-hydrogen) atoms. The first-order valence-electron chi connectivity index (χ1n) is 13.6. The Bertz CT molecular complexity index is 1500. The average molecular weight is 554 g/mol. The van der Waals surface area contributed by atoms with E-state index in [1.807, 2.05) is 25.1 Å². The number of aromatic nitrogens is 1. The lowest BCUT2D eigenvalue weighted by Crippen LogP contribution is -2.25. The molecule has 0 saturated heterocycles. The van der Waals surface area contributed by atoms with Crippen LogP contribution in [-0.4, -0.2) is 22.7 Å². The maximum atomic E-state index is 9.96. The molecular formula is C33H32ClN3O3. The van der Waals surface area contributed by atoms with Crippen LogP contribution in [0.4, 0.5) is 0 Å². The van der Waals surface area contributed by atoms with Crippen LogP contribution in [-0.2, 0) is 19.6 Å². The molecule has 0 bridgehead atoms. The normalized spacial score (nSPS) is 14.8. The van der Waals surface area contributed by atoms with E-state index in [9.17, 15) is 10.4 Å². The highest BCUT2D eigenvalue weighted by Crippen LogP contribution is 2.42. The van der Waals surface area contributed by atoms with Gasteiger partial charge in [0.1, 0.15) is 30.3 Å². The van der Waals surface area contributed by atoms with Gasteiger partial charge < -0.3 is 19.9 Å². The number of fused-ring (bicyclic) bond motifs is 1. The van der Waals surface area contributed by atoms with Crippen molar-refractivity contribution in [2.75, 3.05) is 6.54 Å². The lowest BCUT2D eigenvalue weighted by Gasteiger charge is -2.20. The molecule has 1 aliphatic carbocycles. The minimum Gasteiger partial charge on any atom is -0.488 e. The third-order valence-electron chi connectivity index (χ3n) is 7.17. The molecule has 0 amide bonds. The fourth-order valence-corrected chi connectivity index (χ4v) is 5.26. The van der Waals surface area contributed by atoms with Gasteiger partial charge in [-0.1, -0.05) is 67.1 Å². The third-order valence-corrected chi connectivity index (χ3v) is 7.47. The number of nitrogens with zero attached hydrogens (tertiary/aromatic N) is 2. The summed E-state index contributed by atoms with van der Waals surface area (Å²) < 4.78 is 12.8. The Morgan fingerprint density at radius 3 is 2.75 bits per heavy atom. The summed E-state index contributed by atoms with van der Waals surface area (Å²) in [6.07, 6.45) is 5.11. The second-order valence-electron chi connectivity index (χ2n) is 9.95. The lowest BCUT2D eigenvalue weighted by molar-refractivity contribution is 0.167. The quantitative estimate of drug-likeness (QED) is 0.213. The lowest BCUT2D eigenvalue weighted by atomic mass is 9.97. The highest BCUT2D eigenvalue weighted by atomic mass is 35.5. The van der Waals surface area contributed by atoms with Crippen molar-refractivity contribution in [1.82, 2.24) is 10.3 Å². The van der Waals surface area contributed by atoms with E-state index in [4.69, 9.17) is 21.1 Å². The Morgan fingerprint density at radius 2 is 1.95 bits per heavy atom. The molecule has 0 aliphatic heterocycles. The van der Waals surface area contributed by atoms with Crippen molar-refractivity contribution in [3.8, 4) is 28.7 Å². The standard InChI is InChI=1S/C33H32ClN3O3/c1-2-26(38)20-37-19-25-14-30(34)33(15-32(25)39-21-23-13-22(16-35)17-36-18-23)40-31-12-11-28-27(9-6-10-29(28)31)24-7-4-3-5-8-24/h3-10,13-15,17-18,26,31,37-38H,2,11-12,19-21H2,1H3/t26-,31?/m0/s1. The Morgan fingerprint density at radius 1 is 1.10 bits per heavy atom. The zero-order chi connectivity index (χ0) is 27.9. The van der Waals surface area contributed by atoms with Gasteiger partial charge in [0.25, 0.3) is 0 Å². The van der Waals surface area contributed by atoms with Gasteiger partial charge in [-0.15, -0.1) is 0 Å². The predicted octanol–water partition coefficient (Wildman–Crippen LogP) is 6.78. The number of nitriles is 1. The van der Waals surface area contributed by atoms with E-state index >= 15 is 0 Å². The number of rotatable bonds is 11. The van der Waals surface area contributed by atoms with E-state index in [1.54, 1.807) is 12.3 Å². The van der Waals surface area contributed by atoms with E-state index in [1.165, 1.54) is 28.5 Å². The molecule has 0 saturated carbocycles. The molecule has 204 valence electrons. The van der Waals surface area contributed by atoms with Gasteiger partial charge in [0.2, 0.25) is 0 Å². The van der Waals surface area contributed by atoms with Crippen LogP contribution in [0.5, 0.6) is 11.5 Å². The fourth-order valence-electron chi connectivity index (χ4n) is 5.03. The van der Waals surface area contributed by atoms with Crippen molar-refractivity contribution >= 4 is 11.6 Å². The van der Waals surface area contributed by atoms with Crippen LogP contribution in [0.2, 0.25) is 5.02 Å². The van der Waals surface area contributed by atoms with E-state index in [0.717, 1.165) is 24.0 Å². The van der Waals surface area contributed by atoms with E-state index < -0.39 is 6.10 Å². The Balaban J connectivity index is 1.39. The minimum atomic E-state index is -0.426. The second kappa shape index (κ2) is 13.0. The SMILES string of the molecule is CC[C@H](O)CNCc1cc(Cl)c(OC2CCc3c(-c4ccccc4)cccc32)cc1OCc1cncc(C#N)c1. The van der Waals surface area contributed by atoms with Crippen molar-refractivity contribution in [2.24, 2.45) is 0 Å². The van der Waals surface area contributed by atoms with Crippen LogP contribution in [0.1, 0.15) is 53.7 Å². The molecule has 3 aromatic carbocycles. The minimum absolute atomic E-state index is 0.121. The number of nitrogens with one attached hydrogen (secondary N) is 1. The zero-order valence-corrected chi connectivity index (χ0v) is 23.2. The first kappa shape index (κ1) is 27.7. The number of hydrogen-bond donors (Lipinski definition) is 2. The summed E-state index contributed by atoms with van der Waals surface area (Å²) in [6.45, 7) is 3.11. The van der Waals surface area contributed by atoms with Gasteiger partial charge in [0.15, 0.2) is 0 Å². The van der Waals surface area contributed by atoms with Crippen molar-refractivity contribution in [2.45, 2.75) is 51.5 Å². The van der Waals surface area contributed by atoms with E-state index in [0.29, 0.717) is 41.6 Å². The first-order chi connectivity index (χ1) is 19.6. The highest BCUT2D eigenvalue weighted by Gasteiger charge is 2.27. The van der Waals surface area contributed by atoms with Gasteiger partial charge >= 0.3 is 0 Å². The number of ether oxygens (including phenoxy) is 2. The molecule has 4 aromatic rings. The molecule has 2 atom stereocenters. The molecule has 1 unspecified atom stereocenters. The summed E-state index contributed by atoms with van der Waals surface area (Å²) in [5, 5.41) is 23.0. The summed E-state index contributed by atoms with van der Waals surface area (Å²) in [5.74, 6) is 1.18. The van der Waals surface area contributed by atoms with Crippen LogP contribution in [0, 0.1) is 11.3 Å². The largest absolute Gasteiger partial charge is 0.488 e. The molecule has 5 rings (SSSR count). The maximum Gasteiger partial charge on any atom is 0.142 e. The van der Waals surface area contributed by atoms with Gasteiger partial charge in [-0.05, 0) is 53.6 Å². The summed E-state index contributed by atoms with van der Waals surface area (Å²) in [5.41, 5.74) is 7.05. The molecule has 1 aliphatic rings. The topological polar surface area (TPSA) is 87.4 Å². The second-order valence-corrected chi connectivity index (χ2v) is 10.4. The van der Waals surface area contributed by atoms with Crippen molar-refractivity contribution in [1.29, 1.82) is 5.26 Å². The number of halogens is 1. The average Bonchev–Trinajstić information content (AvgIpc) is 3.41.